The van der Waals surface area contributed by atoms with Crippen LogP contribution >= 0.6 is 0 Å². The Morgan fingerprint density at radius 3 is 2.66 bits per heavy atom. The van der Waals surface area contributed by atoms with Gasteiger partial charge in [-0.2, -0.15) is 13.2 Å². The van der Waals surface area contributed by atoms with Crippen molar-refractivity contribution < 1.29 is 31.9 Å². The molecule has 41 heavy (non-hydrogen) atoms. The molecule has 0 saturated carbocycles. The number of ether oxygens (including phenoxy) is 1. The first-order valence-electron chi connectivity index (χ1n) is 12.9. The predicted octanol–water partition coefficient (Wildman–Crippen LogP) is 4.61. The second-order valence-electron chi connectivity index (χ2n) is 9.40. The molecule has 1 amide bonds. The molecule has 1 aliphatic rings. The predicted molar refractivity (Wildman–Crippen MR) is 142 cm³/mol. The Morgan fingerprint density at radius 1 is 1.10 bits per heavy atom. The summed E-state index contributed by atoms with van der Waals surface area (Å²) < 4.78 is 50.9. The minimum atomic E-state index is -4.62. The molecule has 0 bridgehead atoms. The highest BCUT2D eigenvalue weighted by atomic mass is 19.4. The van der Waals surface area contributed by atoms with Crippen LogP contribution < -0.4 is 9.64 Å². The molecule has 4 aromatic rings. The first-order chi connectivity index (χ1) is 19.7. The molecular formula is C29H26F3N5O4. The minimum Gasteiger partial charge on any atom is -0.493 e. The third-order valence-corrected chi connectivity index (χ3v) is 6.65. The van der Waals surface area contributed by atoms with Crippen LogP contribution in [0.1, 0.15) is 27.5 Å². The third-order valence-electron chi connectivity index (χ3n) is 6.65. The van der Waals surface area contributed by atoms with Gasteiger partial charge in [0.15, 0.2) is 0 Å². The lowest BCUT2D eigenvalue weighted by Crippen LogP contribution is -2.56. The maximum Gasteiger partial charge on any atom is 0.433 e. The fraction of sp³-hybridized carbons (Fsp3) is 0.276. The Bertz CT molecular complexity index is 1530. The standard InChI is InChI=1S/C29H26F3N5O4/c1-19-24(34-26(41-19)20-6-3-2-4-7-20)11-15-40-23-9-5-8-21(16-23)27(39)37-14-13-36(17-22(37)18-38)28-33-12-10-25(35-28)29(30,31)32/h2-10,12,16,18,22H,11,13-15,17H2,1H3. The van der Waals surface area contributed by atoms with Crippen LogP contribution in [0.5, 0.6) is 5.75 Å². The number of anilines is 1. The molecule has 0 radical (unpaired) electrons. The summed E-state index contributed by atoms with van der Waals surface area (Å²) in [4.78, 5) is 40.2. The van der Waals surface area contributed by atoms with Gasteiger partial charge in [-0.05, 0) is 43.3 Å². The average Bonchev–Trinajstić information content (AvgIpc) is 3.36. The van der Waals surface area contributed by atoms with E-state index < -0.39 is 23.8 Å². The zero-order valence-electron chi connectivity index (χ0n) is 22.0. The monoisotopic (exact) mass is 565 g/mol. The lowest BCUT2D eigenvalue weighted by molar-refractivity contribution is -0.141. The van der Waals surface area contributed by atoms with E-state index in [1.54, 1.807) is 24.3 Å². The van der Waals surface area contributed by atoms with Crippen LogP contribution in [-0.2, 0) is 17.4 Å². The Morgan fingerprint density at radius 2 is 1.90 bits per heavy atom. The quantitative estimate of drug-likeness (QED) is 0.286. The van der Waals surface area contributed by atoms with Crippen molar-refractivity contribution in [3.8, 4) is 17.2 Å². The highest BCUT2D eigenvalue weighted by molar-refractivity contribution is 5.96. The number of aromatic nitrogens is 3. The second-order valence-corrected chi connectivity index (χ2v) is 9.40. The van der Waals surface area contributed by atoms with Gasteiger partial charge >= 0.3 is 6.18 Å². The number of benzene rings is 2. The summed E-state index contributed by atoms with van der Waals surface area (Å²) in [5.74, 6) is 1.17. The molecule has 1 atom stereocenters. The van der Waals surface area contributed by atoms with Crippen LogP contribution in [0.25, 0.3) is 11.5 Å². The van der Waals surface area contributed by atoms with E-state index >= 15 is 0 Å². The number of rotatable bonds is 8. The number of nitrogens with zero attached hydrogens (tertiary/aromatic N) is 5. The van der Waals surface area contributed by atoms with Crippen molar-refractivity contribution in [2.75, 3.05) is 31.1 Å². The van der Waals surface area contributed by atoms with Gasteiger partial charge in [-0.3, -0.25) is 4.79 Å². The number of piperazine rings is 1. The van der Waals surface area contributed by atoms with Crippen molar-refractivity contribution in [3.05, 3.63) is 89.6 Å². The zero-order chi connectivity index (χ0) is 29.0. The van der Waals surface area contributed by atoms with Crippen LogP contribution in [0.15, 0.2) is 71.3 Å². The van der Waals surface area contributed by atoms with Gasteiger partial charge in [0.1, 0.15) is 29.5 Å². The molecule has 2 aromatic heterocycles. The molecule has 1 aliphatic heterocycles. The largest absolute Gasteiger partial charge is 0.493 e. The maximum absolute atomic E-state index is 13.3. The highest BCUT2D eigenvalue weighted by Gasteiger charge is 2.35. The molecule has 1 fully saturated rings. The van der Waals surface area contributed by atoms with Crippen molar-refractivity contribution >= 4 is 18.1 Å². The molecule has 0 N–H and O–H groups in total. The average molecular weight is 566 g/mol. The number of alkyl halides is 3. The molecule has 5 rings (SSSR count). The Balaban J connectivity index is 1.21. The normalized spacial score (nSPS) is 15.6. The summed E-state index contributed by atoms with van der Waals surface area (Å²) >= 11 is 0. The lowest BCUT2D eigenvalue weighted by atomic mass is 10.1. The Hall–Kier alpha value is -4.74. The smallest absolute Gasteiger partial charge is 0.433 e. The van der Waals surface area contributed by atoms with Gasteiger partial charge < -0.3 is 23.7 Å². The maximum atomic E-state index is 13.3. The van der Waals surface area contributed by atoms with E-state index in [1.165, 1.54) is 9.80 Å². The van der Waals surface area contributed by atoms with E-state index in [0.29, 0.717) is 42.3 Å². The molecule has 12 heteroatoms. The van der Waals surface area contributed by atoms with E-state index in [9.17, 15) is 22.8 Å². The molecule has 1 saturated heterocycles. The van der Waals surface area contributed by atoms with Gasteiger partial charge in [0, 0.05) is 43.4 Å². The number of carbonyl (C=O) groups is 2. The fourth-order valence-electron chi connectivity index (χ4n) is 4.53. The number of halogens is 3. The van der Waals surface area contributed by atoms with Gasteiger partial charge in [0.05, 0.1) is 12.3 Å². The minimum absolute atomic E-state index is 0.0330. The molecule has 2 aromatic carbocycles. The van der Waals surface area contributed by atoms with Crippen molar-refractivity contribution in [2.24, 2.45) is 0 Å². The number of aryl methyl sites for hydroxylation is 1. The molecule has 212 valence electrons. The molecule has 0 spiro atoms. The van der Waals surface area contributed by atoms with Crippen molar-refractivity contribution in [1.82, 2.24) is 19.9 Å². The zero-order valence-corrected chi connectivity index (χ0v) is 22.0. The molecule has 9 nitrogen and oxygen atoms in total. The van der Waals surface area contributed by atoms with Crippen molar-refractivity contribution in [1.29, 1.82) is 0 Å². The molecular weight excluding hydrogens is 539 g/mol. The Kier molecular flexibility index (Phi) is 7.99. The number of carbonyl (C=O) groups excluding carboxylic acids is 2. The van der Waals surface area contributed by atoms with Crippen LogP contribution in [0.3, 0.4) is 0 Å². The SMILES string of the molecule is Cc1oc(-c2ccccc2)nc1CCOc1cccc(C(=O)N2CCN(c3nccc(C(F)(F)F)n3)CC2C=O)c1. The van der Waals surface area contributed by atoms with Gasteiger partial charge in [0.25, 0.3) is 5.91 Å². The fourth-order valence-corrected chi connectivity index (χ4v) is 4.53. The number of hydrogen-bond donors (Lipinski definition) is 0. The van der Waals surface area contributed by atoms with Gasteiger partial charge in [-0.25, -0.2) is 15.0 Å². The first kappa shape index (κ1) is 27.8. The van der Waals surface area contributed by atoms with Crippen molar-refractivity contribution in [2.45, 2.75) is 25.6 Å². The number of oxazole rings is 1. The van der Waals surface area contributed by atoms with Gasteiger partial charge in [0.2, 0.25) is 11.8 Å². The number of hydrogen-bond acceptors (Lipinski definition) is 8. The van der Waals surface area contributed by atoms with E-state index in [-0.39, 0.29) is 25.6 Å². The van der Waals surface area contributed by atoms with Crippen LogP contribution in [-0.4, -0.2) is 64.3 Å². The number of aldehydes is 1. The van der Waals surface area contributed by atoms with E-state index in [2.05, 4.69) is 15.0 Å². The summed E-state index contributed by atoms with van der Waals surface area (Å²) in [5, 5.41) is 0. The summed E-state index contributed by atoms with van der Waals surface area (Å²) in [6, 6.07) is 16.1. The number of amides is 1. The summed E-state index contributed by atoms with van der Waals surface area (Å²) in [6.45, 7) is 2.37. The summed E-state index contributed by atoms with van der Waals surface area (Å²) in [7, 11) is 0. The van der Waals surface area contributed by atoms with E-state index in [1.807, 2.05) is 37.3 Å². The lowest BCUT2D eigenvalue weighted by Gasteiger charge is -2.39. The van der Waals surface area contributed by atoms with Gasteiger partial charge in [-0.1, -0.05) is 24.3 Å². The van der Waals surface area contributed by atoms with Crippen LogP contribution in [0, 0.1) is 6.92 Å². The van der Waals surface area contributed by atoms with Gasteiger partial charge in [-0.15, -0.1) is 0 Å². The van der Waals surface area contributed by atoms with Crippen LogP contribution in [0.2, 0.25) is 0 Å². The van der Waals surface area contributed by atoms with Crippen LogP contribution in [0.4, 0.5) is 19.1 Å². The van der Waals surface area contributed by atoms with E-state index in [4.69, 9.17) is 9.15 Å². The highest BCUT2D eigenvalue weighted by Crippen LogP contribution is 2.29. The third kappa shape index (κ3) is 6.37. The first-order valence-corrected chi connectivity index (χ1v) is 12.9. The molecule has 3 heterocycles. The summed E-state index contributed by atoms with van der Waals surface area (Å²) in [6.07, 6.45) is -2.50. The Labute approximate surface area is 233 Å². The van der Waals surface area contributed by atoms with E-state index in [0.717, 1.165) is 23.5 Å². The second kappa shape index (κ2) is 11.8. The topological polar surface area (TPSA) is 102 Å². The summed E-state index contributed by atoms with van der Waals surface area (Å²) in [5.41, 5.74) is 0.899. The molecule has 0 aliphatic carbocycles. The molecule has 1 unspecified atom stereocenters. The van der Waals surface area contributed by atoms with Crippen molar-refractivity contribution in [3.63, 3.8) is 0 Å².